The van der Waals surface area contributed by atoms with Gasteiger partial charge in [-0.15, -0.1) is 4.98 Å². The molecule has 0 aliphatic carbocycles. The number of fused-ring (bicyclic) bond motifs is 1. The van der Waals surface area contributed by atoms with E-state index in [1.165, 1.54) is 0 Å². The first-order chi connectivity index (χ1) is 11.8. The number of nitrogens with zero attached hydrogens (tertiary/aromatic N) is 5. The molecule has 0 aliphatic heterocycles. The third-order valence-corrected chi connectivity index (χ3v) is 3.67. The Morgan fingerprint density at radius 2 is 1.75 bits per heavy atom. The Balaban J connectivity index is 2.06. The summed E-state index contributed by atoms with van der Waals surface area (Å²) in [7, 11) is 0. The lowest BCUT2D eigenvalue weighted by atomic mass is 10.0. The minimum absolute atomic E-state index is 0.207. The van der Waals surface area contributed by atoms with Crippen LogP contribution in [-0.4, -0.2) is 24.9 Å². The van der Waals surface area contributed by atoms with E-state index in [0.717, 1.165) is 27.9 Å². The number of H-pyrrole nitrogens is 1. The van der Waals surface area contributed by atoms with Crippen molar-refractivity contribution >= 4 is 22.8 Å². The number of nitrogen functional groups attached to an aromatic ring is 1. The standard InChI is InChI=1S/C17H11N7/c1-19-13-3-2-12-16(24-13)14(11-8-21-17(18)22-9-11)15(23-12)10-4-6-20-7-5-10/h2-9,23H,(H2,18,21,22). The molecule has 0 atom stereocenters. The molecule has 0 unspecified atom stereocenters. The van der Waals surface area contributed by atoms with Gasteiger partial charge in [0.15, 0.2) is 5.52 Å². The zero-order valence-electron chi connectivity index (χ0n) is 12.4. The van der Waals surface area contributed by atoms with Gasteiger partial charge in [-0.25, -0.2) is 9.97 Å². The highest BCUT2D eigenvalue weighted by atomic mass is 15.0. The number of aromatic nitrogens is 5. The van der Waals surface area contributed by atoms with Crippen molar-refractivity contribution in [3.63, 3.8) is 0 Å². The van der Waals surface area contributed by atoms with Gasteiger partial charge in [0.1, 0.15) is 0 Å². The molecular formula is C17H11N7. The fourth-order valence-corrected chi connectivity index (χ4v) is 2.60. The summed E-state index contributed by atoms with van der Waals surface area (Å²) in [6.07, 6.45) is 6.76. The van der Waals surface area contributed by atoms with E-state index in [1.807, 2.05) is 18.2 Å². The third kappa shape index (κ3) is 2.23. The number of aromatic amines is 1. The second-order valence-corrected chi connectivity index (χ2v) is 5.12. The normalized spacial score (nSPS) is 10.6. The SMILES string of the molecule is [C-]#[N+]c1ccc2[nH]c(-c3ccncc3)c(-c3cnc(N)nc3)c2n1. The molecule has 0 aliphatic rings. The Kier molecular flexibility index (Phi) is 3.14. The summed E-state index contributed by atoms with van der Waals surface area (Å²) in [6.45, 7) is 7.20. The third-order valence-electron chi connectivity index (χ3n) is 3.67. The fourth-order valence-electron chi connectivity index (χ4n) is 2.60. The van der Waals surface area contributed by atoms with Crippen LogP contribution in [0, 0.1) is 6.57 Å². The number of anilines is 1. The number of nitrogens with two attached hydrogens (primary N) is 1. The molecule has 0 radical (unpaired) electrons. The average Bonchev–Trinajstić information content (AvgIpc) is 3.01. The minimum atomic E-state index is 0.207. The highest BCUT2D eigenvalue weighted by molar-refractivity contribution is 6.01. The van der Waals surface area contributed by atoms with Crippen LogP contribution in [0.5, 0.6) is 0 Å². The molecule has 4 heterocycles. The monoisotopic (exact) mass is 313 g/mol. The first kappa shape index (κ1) is 13.8. The number of nitrogens with one attached hydrogen (secondary N) is 1. The maximum atomic E-state index is 7.20. The van der Waals surface area contributed by atoms with Crippen LogP contribution < -0.4 is 5.73 Å². The van der Waals surface area contributed by atoms with Crippen LogP contribution in [0.1, 0.15) is 0 Å². The molecule has 7 heteroatoms. The van der Waals surface area contributed by atoms with Crippen molar-refractivity contribution in [2.75, 3.05) is 5.73 Å². The molecular weight excluding hydrogens is 302 g/mol. The maximum Gasteiger partial charge on any atom is 0.270 e. The molecule has 4 aromatic rings. The van der Waals surface area contributed by atoms with Crippen molar-refractivity contribution < 1.29 is 0 Å². The van der Waals surface area contributed by atoms with Crippen molar-refractivity contribution in [2.24, 2.45) is 0 Å². The largest absolute Gasteiger partial charge is 0.368 e. The van der Waals surface area contributed by atoms with Crippen LogP contribution in [0.4, 0.5) is 11.8 Å². The second-order valence-electron chi connectivity index (χ2n) is 5.12. The second kappa shape index (κ2) is 5.44. The molecule has 0 amide bonds. The first-order valence-corrected chi connectivity index (χ1v) is 7.15. The van der Waals surface area contributed by atoms with Gasteiger partial charge in [-0.1, -0.05) is 6.57 Å². The van der Waals surface area contributed by atoms with Gasteiger partial charge in [-0.2, -0.15) is 0 Å². The summed E-state index contributed by atoms with van der Waals surface area (Å²) in [5.41, 5.74) is 10.6. The highest BCUT2D eigenvalue weighted by Crippen LogP contribution is 2.37. The molecule has 114 valence electrons. The molecule has 4 rings (SSSR count). The molecule has 0 aromatic carbocycles. The molecule has 7 nitrogen and oxygen atoms in total. The number of rotatable bonds is 2. The van der Waals surface area contributed by atoms with E-state index < -0.39 is 0 Å². The molecule has 3 N–H and O–H groups in total. The molecule has 4 aromatic heterocycles. The van der Waals surface area contributed by atoms with E-state index >= 15 is 0 Å². The molecule has 24 heavy (non-hydrogen) atoms. The van der Waals surface area contributed by atoms with Crippen LogP contribution in [0.15, 0.2) is 49.1 Å². The van der Waals surface area contributed by atoms with Gasteiger partial charge in [0, 0.05) is 35.9 Å². The van der Waals surface area contributed by atoms with E-state index in [1.54, 1.807) is 30.9 Å². The Bertz CT molecular complexity index is 1060. The lowest BCUT2D eigenvalue weighted by molar-refractivity contribution is 1.19. The zero-order valence-corrected chi connectivity index (χ0v) is 12.4. The van der Waals surface area contributed by atoms with Gasteiger partial charge in [0.05, 0.1) is 16.8 Å². The summed E-state index contributed by atoms with van der Waals surface area (Å²) < 4.78 is 0. The number of hydrogen-bond donors (Lipinski definition) is 2. The summed E-state index contributed by atoms with van der Waals surface area (Å²) in [5.74, 6) is 0.541. The summed E-state index contributed by atoms with van der Waals surface area (Å²) in [4.78, 5) is 23.4. The van der Waals surface area contributed by atoms with Gasteiger partial charge in [0.2, 0.25) is 5.95 Å². The lowest BCUT2D eigenvalue weighted by Gasteiger charge is -2.03. The first-order valence-electron chi connectivity index (χ1n) is 7.15. The predicted molar refractivity (Wildman–Crippen MR) is 91.0 cm³/mol. The van der Waals surface area contributed by atoms with Crippen molar-refractivity contribution in [1.82, 2.24) is 24.9 Å². The van der Waals surface area contributed by atoms with Crippen LogP contribution in [0.2, 0.25) is 0 Å². The number of pyridine rings is 2. The quantitative estimate of drug-likeness (QED) is 0.554. The molecule has 0 spiro atoms. The van der Waals surface area contributed by atoms with Gasteiger partial charge in [0.25, 0.3) is 5.82 Å². The Hall–Kier alpha value is -3.79. The molecule has 0 fully saturated rings. The Labute approximate surface area is 137 Å². The van der Waals surface area contributed by atoms with E-state index in [4.69, 9.17) is 12.3 Å². The van der Waals surface area contributed by atoms with E-state index in [2.05, 4.69) is 29.8 Å². The molecule has 0 saturated heterocycles. The summed E-state index contributed by atoms with van der Waals surface area (Å²) in [5, 5.41) is 0. The summed E-state index contributed by atoms with van der Waals surface area (Å²) >= 11 is 0. The maximum absolute atomic E-state index is 7.20. The minimum Gasteiger partial charge on any atom is -0.368 e. The molecule has 0 saturated carbocycles. The van der Waals surface area contributed by atoms with Gasteiger partial charge in [-0.05, 0) is 24.3 Å². The van der Waals surface area contributed by atoms with Crippen LogP contribution >= 0.6 is 0 Å². The van der Waals surface area contributed by atoms with Gasteiger partial charge < -0.3 is 15.6 Å². The van der Waals surface area contributed by atoms with Crippen molar-refractivity contribution in [1.29, 1.82) is 0 Å². The highest BCUT2D eigenvalue weighted by Gasteiger charge is 2.19. The Morgan fingerprint density at radius 1 is 1.00 bits per heavy atom. The van der Waals surface area contributed by atoms with Gasteiger partial charge >= 0.3 is 0 Å². The zero-order chi connectivity index (χ0) is 16.5. The van der Waals surface area contributed by atoms with Gasteiger partial charge in [-0.3, -0.25) is 4.98 Å². The van der Waals surface area contributed by atoms with Crippen LogP contribution in [-0.2, 0) is 0 Å². The average molecular weight is 313 g/mol. The van der Waals surface area contributed by atoms with Crippen LogP contribution in [0.25, 0.3) is 38.3 Å². The Morgan fingerprint density at radius 3 is 2.46 bits per heavy atom. The van der Waals surface area contributed by atoms with Crippen molar-refractivity contribution in [3.05, 3.63) is 60.5 Å². The van der Waals surface area contributed by atoms with E-state index in [0.29, 0.717) is 11.3 Å². The smallest absolute Gasteiger partial charge is 0.270 e. The summed E-state index contributed by atoms with van der Waals surface area (Å²) in [6, 6.07) is 7.35. The number of hydrogen-bond acceptors (Lipinski definition) is 5. The topological polar surface area (TPSA) is 97.7 Å². The fraction of sp³-hybridized carbons (Fsp3) is 0. The van der Waals surface area contributed by atoms with E-state index in [-0.39, 0.29) is 5.95 Å². The van der Waals surface area contributed by atoms with Crippen molar-refractivity contribution in [3.8, 4) is 22.4 Å². The van der Waals surface area contributed by atoms with E-state index in [9.17, 15) is 0 Å². The predicted octanol–water partition coefficient (Wildman–Crippen LogP) is 3.21. The van der Waals surface area contributed by atoms with Crippen LogP contribution in [0.3, 0.4) is 0 Å². The molecule has 0 bridgehead atoms. The van der Waals surface area contributed by atoms with Crippen molar-refractivity contribution in [2.45, 2.75) is 0 Å². The lowest BCUT2D eigenvalue weighted by Crippen LogP contribution is -1.94.